The summed E-state index contributed by atoms with van der Waals surface area (Å²) >= 11 is 6.50. The van der Waals surface area contributed by atoms with Crippen molar-refractivity contribution in [2.45, 2.75) is 42.8 Å². The van der Waals surface area contributed by atoms with Gasteiger partial charge < -0.3 is 20.5 Å². The number of carbonyl (C=O) groups is 3. The lowest BCUT2D eigenvalue weighted by Crippen LogP contribution is -2.77. The molecule has 0 radical (unpaired) electrons. The van der Waals surface area contributed by atoms with Crippen molar-refractivity contribution in [3.05, 3.63) is 65.5 Å². The number of aromatic nitrogens is 5. The fourth-order valence-corrected chi connectivity index (χ4v) is 6.94. The molecule has 14 nitrogen and oxygen atoms in total. The van der Waals surface area contributed by atoms with Gasteiger partial charge in [-0.3, -0.25) is 29.2 Å². The maximum atomic E-state index is 18.6. The van der Waals surface area contributed by atoms with Crippen LogP contribution in [0.15, 0.2) is 42.7 Å². The number of alkyl halides is 5. The predicted octanol–water partition coefficient (Wildman–Crippen LogP) is 2.54. The number of anilines is 1. The molecule has 0 bridgehead atoms. The van der Waals surface area contributed by atoms with Crippen LogP contribution in [0.1, 0.15) is 52.1 Å². The molecule has 3 atom stereocenters. The molecule has 49 heavy (non-hydrogen) atoms. The normalized spacial score (nSPS) is 24.0. The summed E-state index contributed by atoms with van der Waals surface area (Å²) in [4.78, 5) is 55.9. The maximum Gasteiger partial charge on any atom is 0.433 e. The average molecular weight is 708 g/mol. The summed E-state index contributed by atoms with van der Waals surface area (Å²) < 4.78 is 68.9. The molecule has 6 rings (SSSR count). The highest BCUT2D eigenvalue weighted by Crippen LogP contribution is 2.55. The Kier molecular flexibility index (Phi) is 8.83. The lowest BCUT2D eigenvalue weighted by atomic mass is 9.73. The van der Waals surface area contributed by atoms with Gasteiger partial charge in [-0.25, -0.2) is 9.37 Å². The molecular formula is C30H30ClF4N9O5. The van der Waals surface area contributed by atoms with Gasteiger partial charge in [0.15, 0.2) is 22.6 Å². The smallest absolute Gasteiger partial charge is 0.433 e. The first-order chi connectivity index (χ1) is 23.3. The summed E-state index contributed by atoms with van der Waals surface area (Å²) in [7, 11) is 0. The number of rotatable bonds is 7. The molecule has 2 amide bonds. The number of halogens is 5. The summed E-state index contributed by atoms with van der Waals surface area (Å²) in [5.41, 5.74) is -1.59. The van der Waals surface area contributed by atoms with E-state index >= 15 is 9.18 Å². The number of carbonyl (C=O) groups excluding carboxylic acids is 3. The SMILES string of the molecule is CCC1(F)N(C(Cl)C(N)=O)c2nc(C3=CCOCC3)nn2C(=O)C1(c1cccnc1C(F)(F)F)N1CCN(C(=O)c2ncccc2O)CC1. The molecule has 260 valence electrons. The van der Waals surface area contributed by atoms with Gasteiger partial charge in [0.05, 0.1) is 13.2 Å². The minimum Gasteiger partial charge on any atom is -0.505 e. The van der Waals surface area contributed by atoms with E-state index in [4.69, 9.17) is 22.1 Å². The van der Waals surface area contributed by atoms with E-state index in [9.17, 15) is 27.9 Å². The fraction of sp³-hybridized carbons (Fsp3) is 0.433. The third-order valence-electron chi connectivity index (χ3n) is 8.92. The lowest BCUT2D eigenvalue weighted by molar-refractivity contribution is -0.146. The van der Waals surface area contributed by atoms with Gasteiger partial charge in [-0.2, -0.15) is 22.8 Å². The van der Waals surface area contributed by atoms with Crippen LogP contribution in [0.25, 0.3) is 5.57 Å². The van der Waals surface area contributed by atoms with E-state index in [1.165, 1.54) is 35.1 Å². The van der Waals surface area contributed by atoms with Crippen molar-refractivity contribution in [1.82, 2.24) is 34.5 Å². The molecule has 3 aromatic heterocycles. The van der Waals surface area contributed by atoms with Gasteiger partial charge in [0.25, 0.3) is 17.7 Å². The molecule has 3 N–H and O–H groups in total. The molecule has 1 saturated heterocycles. The lowest BCUT2D eigenvalue weighted by Gasteiger charge is -2.58. The van der Waals surface area contributed by atoms with E-state index in [1.54, 1.807) is 6.08 Å². The third kappa shape index (κ3) is 5.37. The van der Waals surface area contributed by atoms with Crippen LogP contribution in [0.3, 0.4) is 0 Å². The highest BCUT2D eigenvalue weighted by molar-refractivity contribution is 6.32. The number of pyridine rings is 2. The van der Waals surface area contributed by atoms with Gasteiger partial charge in [-0.05, 0) is 30.2 Å². The Hall–Kier alpha value is -4.68. The maximum absolute atomic E-state index is 18.6. The molecule has 1 fully saturated rings. The number of hydrogen-bond acceptors (Lipinski definition) is 11. The second-order valence-corrected chi connectivity index (χ2v) is 11.9. The number of piperazine rings is 1. The van der Waals surface area contributed by atoms with E-state index in [0.717, 1.165) is 18.3 Å². The van der Waals surface area contributed by atoms with Gasteiger partial charge >= 0.3 is 6.18 Å². The molecule has 19 heteroatoms. The second kappa shape index (κ2) is 12.6. The van der Waals surface area contributed by atoms with Crippen LogP contribution in [0.2, 0.25) is 0 Å². The molecule has 0 spiro atoms. The van der Waals surface area contributed by atoms with Crippen LogP contribution in [0.4, 0.5) is 23.5 Å². The predicted molar refractivity (Wildman–Crippen MR) is 164 cm³/mol. The van der Waals surface area contributed by atoms with Crippen molar-refractivity contribution in [3.63, 3.8) is 0 Å². The van der Waals surface area contributed by atoms with Crippen molar-refractivity contribution >= 4 is 40.8 Å². The van der Waals surface area contributed by atoms with Crippen LogP contribution in [0, 0.1) is 0 Å². The molecule has 3 aliphatic heterocycles. The van der Waals surface area contributed by atoms with Crippen LogP contribution in [-0.4, -0.2) is 108 Å². The number of nitrogens with two attached hydrogens (primary N) is 1. The first-order valence-corrected chi connectivity index (χ1v) is 15.6. The fourth-order valence-electron chi connectivity index (χ4n) is 6.70. The van der Waals surface area contributed by atoms with E-state index in [2.05, 4.69) is 20.1 Å². The molecular weight excluding hydrogens is 678 g/mol. The molecule has 6 heterocycles. The minimum atomic E-state index is -5.18. The van der Waals surface area contributed by atoms with Crippen molar-refractivity contribution in [1.29, 1.82) is 0 Å². The van der Waals surface area contributed by atoms with Crippen molar-refractivity contribution in [2.75, 3.05) is 44.3 Å². The number of ether oxygens (including phenoxy) is 1. The summed E-state index contributed by atoms with van der Waals surface area (Å²) in [5.74, 6) is -7.44. The van der Waals surface area contributed by atoms with Crippen LogP contribution in [-0.2, 0) is 21.2 Å². The number of hydrogen-bond donors (Lipinski definition) is 2. The van der Waals surface area contributed by atoms with E-state index in [1.807, 2.05) is 0 Å². The Balaban J connectivity index is 1.58. The highest BCUT2D eigenvalue weighted by atomic mass is 35.5. The van der Waals surface area contributed by atoms with Crippen molar-refractivity contribution in [3.8, 4) is 5.75 Å². The van der Waals surface area contributed by atoms with Gasteiger partial charge in [0, 0.05) is 50.6 Å². The van der Waals surface area contributed by atoms with Crippen LogP contribution < -0.4 is 10.6 Å². The number of fused-ring (bicyclic) bond motifs is 1. The number of aromatic hydroxyl groups is 1. The molecule has 3 unspecified atom stereocenters. The topological polar surface area (TPSA) is 173 Å². The average Bonchev–Trinajstić information content (AvgIpc) is 3.54. The molecule has 0 saturated carbocycles. The van der Waals surface area contributed by atoms with Crippen molar-refractivity contribution in [2.24, 2.45) is 5.73 Å². The van der Waals surface area contributed by atoms with Gasteiger partial charge in [-0.1, -0.05) is 30.7 Å². The van der Waals surface area contributed by atoms with Gasteiger partial charge in [0.2, 0.25) is 11.7 Å². The zero-order chi connectivity index (χ0) is 35.3. The Morgan fingerprint density at radius 3 is 2.45 bits per heavy atom. The van der Waals surface area contributed by atoms with E-state index < -0.39 is 70.1 Å². The Bertz CT molecular complexity index is 1830. The zero-order valence-corrected chi connectivity index (χ0v) is 26.7. The second-order valence-electron chi connectivity index (χ2n) is 11.5. The van der Waals surface area contributed by atoms with Crippen LogP contribution >= 0.6 is 11.6 Å². The summed E-state index contributed by atoms with van der Waals surface area (Å²) in [6.45, 7) is 0.566. The number of nitrogens with zero attached hydrogens (tertiary/aromatic N) is 8. The summed E-state index contributed by atoms with van der Waals surface area (Å²) in [5, 5.41) is 14.5. The quantitative estimate of drug-likeness (QED) is 0.210. The largest absolute Gasteiger partial charge is 0.505 e. The molecule has 0 aliphatic carbocycles. The zero-order valence-electron chi connectivity index (χ0n) is 25.9. The minimum absolute atomic E-state index is 0.0490. The van der Waals surface area contributed by atoms with Crippen LogP contribution in [0.5, 0.6) is 5.75 Å². The van der Waals surface area contributed by atoms with Crippen molar-refractivity contribution < 1.29 is 41.8 Å². The molecule has 3 aromatic rings. The number of amides is 2. The first kappa shape index (κ1) is 34.2. The summed E-state index contributed by atoms with van der Waals surface area (Å²) in [6.07, 6.45) is -1.78. The standard InChI is InChI=1S/C30H30ClF4N9O5/c1-2-28(32)29(18-5-3-10-38-21(18)30(33,34)35,42-13-11-41(12-14-42)25(47)20-19(45)6-4-9-37-20)26(48)44-27(43(28)22(31)23(36)46)39-24(40-44)17-7-15-49-16-8-17/h3-7,9-10,22,45H,2,8,11-16H2,1H3,(H2,36,46). The van der Waals surface area contributed by atoms with Gasteiger partial charge in [-0.15, -0.1) is 5.10 Å². The van der Waals surface area contributed by atoms with Gasteiger partial charge in [0.1, 0.15) is 11.4 Å². The Labute approximate surface area is 281 Å². The highest BCUT2D eigenvalue weighted by Gasteiger charge is 2.72. The third-order valence-corrected chi connectivity index (χ3v) is 9.33. The summed E-state index contributed by atoms with van der Waals surface area (Å²) in [6, 6.07) is 4.76. The molecule has 0 aromatic carbocycles. The first-order valence-electron chi connectivity index (χ1n) is 15.2. The monoisotopic (exact) mass is 707 g/mol. The number of primary amides is 1. The van der Waals surface area contributed by atoms with E-state index in [0.29, 0.717) is 21.6 Å². The van der Waals surface area contributed by atoms with E-state index in [-0.39, 0.29) is 50.9 Å². The molecule has 3 aliphatic rings. The Morgan fingerprint density at radius 2 is 1.84 bits per heavy atom. The Morgan fingerprint density at radius 1 is 1.14 bits per heavy atom.